The minimum Gasteiger partial charge on any atom is -0.193 e. The van der Waals surface area contributed by atoms with Crippen LogP contribution in [0, 0.1) is 11.3 Å². The van der Waals surface area contributed by atoms with E-state index in [1.165, 1.54) is 5.56 Å². The van der Waals surface area contributed by atoms with Gasteiger partial charge in [0.1, 0.15) is 0 Å². The molecule has 2 heteroatoms. The molecule has 0 fully saturated rings. The molecule has 0 aliphatic carbocycles. The van der Waals surface area contributed by atoms with Crippen LogP contribution in [0.5, 0.6) is 0 Å². The fraction of sp³-hybridized carbons (Fsp3) is 0.308. The van der Waals surface area contributed by atoms with Gasteiger partial charge in [-0.25, -0.2) is 0 Å². The van der Waals surface area contributed by atoms with Crippen LogP contribution in [0.3, 0.4) is 0 Å². The quantitative estimate of drug-likeness (QED) is 0.558. The zero-order chi connectivity index (χ0) is 11.3. The second-order valence-corrected chi connectivity index (χ2v) is 9.71. The first-order valence-corrected chi connectivity index (χ1v) is 8.68. The van der Waals surface area contributed by atoms with E-state index < -0.39 is 8.07 Å². The lowest BCUT2D eigenvalue weighted by atomic mass is 10.1. The molecule has 0 aromatic heterocycles. The van der Waals surface area contributed by atoms with Gasteiger partial charge in [0, 0.05) is 5.20 Å². The van der Waals surface area contributed by atoms with Gasteiger partial charge < -0.3 is 0 Å². The maximum absolute atomic E-state index is 9.06. The Balaban J connectivity index is 2.77. The first-order chi connectivity index (χ1) is 7.04. The Labute approximate surface area is 93.1 Å². The highest BCUT2D eigenvalue weighted by molar-refractivity contribution is 6.84. The third-order valence-corrected chi connectivity index (χ3v) is 4.25. The van der Waals surface area contributed by atoms with Crippen molar-refractivity contribution in [1.29, 1.82) is 5.26 Å². The van der Waals surface area contributed by atoms with Crippen molar-refractivity contribution in [3.8, 4) is 6.07 Å². The van der Waals surface area contributed by atoms with Gasteiger partial charge in [0.25, 0.3) is 0 Å². The largest absolute Gasteiger partial charge is 0.193 e. The molecule has 0 atom stereocenters. The fourth-order valence-electron chi connectivity index (χ4n) is 1.35. The summed E-state index contributed by atoms with van der Waals surface area (Å²) in [4.78, 5) is 0. The monoisotopic (exact) mass is 215 g/mol. The molecular formula is C13H17NSi. The van der Waals surface area contributed by atoms with Crippen molar-refractivity contribution in [2.24, 2.45) is 0 Å². The average molecular weight is 215 g/mol. The molecule has 0 bridgehead atoms. The molecule has 1 aromatic carbocycles. The lowest BCUT2D eigenvalue weighted by Gasteiger charge is -2.14. The predicted molar refractivity (Wildman–Crippen MR) is 67.2 cm³/mol. The maximum atomic E-state index is 9.06. The van der Waals surface area contributed by atoms with Crippen LogP contribution < -0.4 is 0 Å². The van der Waals surface area contributed by atoms with Crippen molar-refractivity contribution in [2.45, 2.75) is 26.1 Å². The molecule has 0 aliphatic heterocycles. The van der Waals surface area contributed by atoms with Gasteiger partial charge in [-0.2, -0.15) is 5.26 Å². The van der Waals surface area contributed by atoms with E-state index in [4.69, 9.17) is 5.26 Å². The van der Waals surface area contributed by atoms with E-state index in [0.29, 0.717) is 0 Å². The summed E-state index contributed by atoms with van der Waals surface area (Å²) in [6, 6.07) is 12.6. The molecule has 0 radical (unpaired) electrons. The van der Waals surface area contributed by atoms with Crippen molar-refractivity contribution in [3.63, 3.8) is 0 Å². The Morgan fingerprint density at radius 3 is 2.33 bits per heavy atom. The van der Waals surface area contributed by atoms with Crippen LogP contribution in [-0.4, -0.2) is 8.07 Å². The number of hydrogen-bond donors (Lipinski definition) is 0. The minimum absolute atomic E-state index is 0.869. The molecule has 1 nitrogen and oxygen atoms in total. The number of nitriles is 1. The normalized spacial score (nSPS) is 12.3. The molecule has 1 rings (SSSR count). The fourth-order valence-corrected chi connectivity index (χ4v) is 2.40. The molecule has 0 aliphatic rings. The Kier molecular flexibility index (Phi) is 3.87. The van der Waals surface area contributed by atoms with E-state index in [2.05, 4.69) is 43.9 Å². The van der Waals surface area contributed by atoms with Gasteiger partial charge >= 0.3 is 0 Å². The van der Waals surface area contributed by atoms with E-state index in [1.54, 1.807) is 0 Å². The number of benzene rings is 1. The maximum Gasteiger partial charge on any atom is 0.0907 e. The van der Waals surface area contributed by atoms with Gasteiger partial charge in [0.15, 0.2) is 0 Å². The van der Waals surface area contributed by atoms with E-state index in [9.17, 15) is 0 Å². The first kappa shape index (κ1) is 11.7. The van der Waals surface area contributed by atoms with Crippen LogP contribution in [0.4, 0.5) is 0 Å². The molecule has 0 saturated heterocycles. The second kappa shape index (κ2) is 4.95. The number of allylic oxidation sites excluding steroid dienone is 2. The van der Waals surface area contributed by atoms with Gasteiger partial charge in [-0.15, -0.1) is 0 Å². The molecule has 0 spiro atoms. The van der Waals surface area contributed by atoms with E-state index in [-0.39, 0.29) is 0 Å². The summed E-state index contributed by atoms with van der Waals surface area (Å²) in [6.45, 7) is 6.60. The Bertz CT molecular complexity index is 379. The van der Waals surface area contributed by atoms with Crippen LogP contribution in [0.2, 0.25) is 19.6 Å². The van der Waals surface area contributed by atoms with Crippen LogP contribution in [0.25, 0.3) is 0 Å². The van der Waals surface area contributed by atoms with Gasteiger partial charge in [-0.05, 0) is 12.0 Å². The molecule has 1 aromatic rings. The molecule has 0 amide bonds. The molecule has 0 heterocycles. The molecule has 0 saturated carbocycles. The van der Waals surface area contributed by atoms with Crippen molar-refractivity contribution in [1.82, 2.24) is 0 Å². The van der Waals surface area contributed by atoms with Crippen molar-refractivity contribution < 1.29 is 0 Å². The third-order valence-electron chi connectivity index (χ3n) is 2.31. The van der Waals surface area contributed by atoms with E-state index in [1.807, 2.05) is 18.2 Å². The standard InChI is InChI=1S/C13H17NSi/c1-15(2,3)13(11-14)10-9-12-7-5-4-6-8-12/h4-8,10H,9H2,1-3H3/b13-10+. The number of hydrogen-bond acceptors (Lipinski definition) is 1. The summed E-state index contributed by atoms with van der Waals surface area (Å²) < 4.78 is 0. The molecular weight excluding hydrogens is 198 g/mol. The highest BCUT2D eigenvalue weighted by Crippen LogP contribution is 2.14. The number of nitrogens with zero attached hydrogens (tertiary/aromatic N) is 1. The predicted octanol–water partition coefficient (Wildman–Crippen LogP) is 3.56. The van der Waals surface area contributed by atoms with Crippen molar-refractivity contribution in [2.75, 3.05) is 0 Å². The minimum atomic E-state index is -1.44. The summed E-state index contributed by atoms with van der Waals surface area (Å²) in [5.41, 5.74) is 1.27. The number of rotatable bonds is 3. The Hall–Kier alpha value is -1.33. The SMILES string of the molecule is C[Si](C)(C)/C(C#N)=C/Cc1ccccc1. The molecule has 0 unspecified atom stereocenters. The van der Waals surface area contributed by atoms with Gasteiger partial charge in [0.05, 0.1) is 14.1 Å². The lowest BCUT2D eigenvalue weighted by molar-refractivity contribution is 1.26. The average Bonchev–Trinajstić information content (AvgIpc) is 2.18. The third kappa shape index (κ3) is 3.73. The highest BCUT2D eigenvalue weighted by Gasteiger charge is 2.18. The molecule has 78 valence electrons. The zero-order valence-corrected chi connectivity index (χ0v) is 10.6. The molecule has 15 heavy (non-hydrogen) atoms. The molecule has 0 N–H and O–H groups in total. The van der Waals surface area contributed by atoms with E-state index >= 15 is 0 Å². The van der Waals surface area contributed by atoms with Crippen LogP contribution in [0.1, 0.15) is 5.56 Å². The Morgan fingerprint density at radius 1 is 1.27 bits per heavy atom. The summed E-state index contributed by atoms with van der Waals surface area (Å²) in [6.07, 6.45) is 2.95. The topological polar surface area (TPSA) is 23.8 Å². The van der Waals surface area contributed by atoms with E-state index in [0.717, 1.165) is 11.6 Å². The summed E-state index contributed by atoms with van der Waals surface area (Å²) in [7, 11) is -1.44. The van der Waals surface area contributed by atoms with Crippen molar-refractivity contribution >= 4 is 8.07 Å². The van der Waals surface area contributed by atoms with Gasteiger partial charge in [0.2, 0.25) is 0 Å². The van der Waals surface area contributed by atoms with Crippen molar-refractivity contribution in [3.05, 3.63) is 47.2 Å². The van der Waals surface area contributed by atoms with Crippen LogP contribution in [-0.2, 0) is 6.42 Å². The highest BCUT2D eigenvalue weighted by atomic mass is 28.3. The summed E-state index contributed by atoms with van der Waals surface area (Å²) >= 11 is 0. The van der Waals surface area contributed by atoms with Gasteiger partial charge in [-0.1, -0.05) is 56.0 Å². The summed E-state index contributed by atoms with van der Waals surface area (Å²) in [5.74, 6) is 0. The zero-order valence-electron chi connectivity index (χ0n) is 9.62. The lowest BCUT2D eigenvalue weighted by Crippen LogP contribution is -2.23. The first-order valence-electron chi connectivity index (χ1n) is 5.18. The van der Waals surface area contributed by atoms with Gasteiger partial charge in [-0.3, -0.25) is 0 Å². The van der Waals surface area contributed by atoms with Crippen LogP contribution in [0.15, 0.2) is 41.6 Å². The second-order valence-electron chi connectivity index (χ2n) is 4.67. The summed E-state index contributed by atoms with van der Waals surface area (Å²) in [5, 5.41) is 10.0. The smallest absolute Gasteiger partial charge is 0.0907 e. The Morgan fingerprint density at radius 2 is 1.87 bits per heavy atom. The van der Waals surface area contributed by atoms with Crippen LogP contribution >= 0.6 is 0 Å².